The second-order valence-electron chi connectivity index (χ2n) is 5.49. The van der Waals surface area contributed by atoms with Gasteiger partial charge in [0.05, 0.1) is 11.4 Å². The average Bonchev–Trinajstić information content (AvgIpc) is 2.55. The van der Waals surface area contributed by atoms with Gasteiger partial charge >= 0.3 is 0 Å². The van der Waals surface area contributed by atoms with E-state index in [1.807, 2.05) is 42.3 Å². The van der Waals surface area contributed by atoms with Crippen molar-refractivity contribution in [2.24, 2.45) is 0 Å². The maximum Gasteiger partial charge on any atom is 0.146 e. The first kappa shape index (κ1) is 16.4. The predicted octanol–water partition coefficient (Wildman–Crippen LogP) is 3.75. The van der Waals surface area contributed by atoms with Crippen molar-refractivity contribution in [3.8, 4) is 0 Å². The number of pyridine rings is 1. The number of hydrogen-bond donors (Lipinski definition) is 1. The van der Waals surface area contributed by atoms with Crippen LogP contribution in [0, 0.1) is 5.82 Å². The smallest absolute Gasteiger partial charge is 0.146 e. The topological polar surface area (TPSA) is 28.2 Å². The molecule has 22 heavy (non-hydrogen) atoms. The SMILES string of the molecule is CCCCN(C)c1cc(CNCc2ccccn2)ccc1F. The van der Waals surface area contributed by atoms with E-state index in [2.05, 4.69) is 17.2 Å². The van der Waals surface area contributed by atoms with Gasteiger partial charge in [0.25, 0.3) is 0 Å². The summed E-state index contributed by atoms with van der Waals surface area (Å²) in [6.45, 7) is 4.42. The lowest BCUT2D eigenvalue weighted by Crippen LogP contribution is -2.20. The molecular weight excluding hydrogens is 277 g/mol. The fourth-order valence-electron chi connectivity index (χ4n) is 2.31. The van der Waals surface area contributed by atoms with Crippen LogP contribution in [0.25, 0.3) is 0 Å². The number of unbranched alkanes of at least 4 members (excludes halogenated alkanes) is 1. The number of benzene rings is 1. The van der Waals surface area contributed by atoms with Crippen molar-refractivity contribution in [1.82, 2.24) is 10.3 Å². The molecule has 2 aromatic rings. The van der Waals surface area contributed by atoms with Gasteiger partial charge in [-0.25, -0.2) is 4.39 Å². The highest BCUT2D eigenvalue weighted by Gasteiger charge is 2.08. The van der Waals surface area contributed by atoms with Crippen LogP contribution in [0.4, 0.5) is 10.1 Å². The maximum absolute atomic E-state index is 14.0. The molecule has 0 unspecified atom stereocenters. The van der Waals surface area contributed by atoms with Crippen LogP contribution in [0.2, 0.25) is 0 Å². The van der Waals surface area contributed by atoms with E-state index in [-0.39, 0.29) is 5.82 Å². The van der Waals surface area contributed by atoms with Gasteiger partial charge in [-0.1, -0.05) is 25.5 Å². The minimum absolute atomic E-state index is 0.160. The summed E-state index contributed by atoms with van der Waals surface area (Å²) in [7, 11) is 1.94. The number of hydrogen-bond acceptors (Lipinski definition) is 3. The average molecular weight is 301 g/mol. The predicted molar refractivity (Wildman–Crippen MR) is 89.4 cm³/mol. The van der Waals surface area contributed by atoms with Gasteiger partial charge in [-0.2, -0.15) is 0 Å². The van der Waals surface area contributed by atoms with Gasteiger partial charge in [-0.05, 0) is 36.2 Å². The summed E-state index contributed by atoms with van der Waals surface area (Å²) in [6.07, 6.45) is 3.96. The number of anilines is 1. The molecule has 2 rings (SSSR count). The largest absolute Gasteiger partial charge is 0.372 e. The van der Waals surface area contributed by atoms with Crippen LogP contribution >= 0.6 is 0 Å². The molecule has 0 spiro atoms. The van der Waals surface area contributed by atoms with E-state index < -0.39 is 0 Å². The van der Waals surface area contributed by atoms with Crippen LogP contribution < -0.4 is 10.2 Å². The van der Waals surface area contributed by atoms with E-state index in [4.69, 9.17) is 0 Å². The first-order valence-electron chi connectivity index (χ1n) is 7.81. The van der Waals surface area contributed by atoms with E-state index in [1.165, 1.54) is 0 Å². The number of rotatable bonds is 8. The molecule has 0 fully saturated rings. The number of nitrogens with zero attached hydrogens (tertiary/aromatic N) is 2. The van der Waals surface area contributed by atoms with E-state index >= 15 is 0 Å². The second kappa shape index (κ2) is 8.49. The molecule has 118 valence electrons. The van der Waals surface area contributed by atoms with Crippen LogP contribution in [-0.4, -0.2) is 18.6 Å². The zero-order valence-electron chi connectivity index (χ0n) is 13.3. The molecule has 0 aliphatic rings. The van der Waals surface area contributed by atoms with E-state index in [0.717, 1.165) is 30.6 Å². The first-order valence-corrected chi connectivity index (χ1v) is 7.81. The van der Waals surface area contributed by atoms with Crippen molar-refractivity contribution in [3.63, 3.8) is 0 Å². The fourth-order valence-corrected chi connectivity index (χ4v) is 2.31. The monoisotopic (exact) mass is 301 g/mol. The molecule has 1 heterocycles. The Bertz CT molecular complexity index is 572. The molecule has 0 amide bonds. The molecular formula is C18H24FN3. The van der Waals surface area contributed by atoms with Crippen molar-refractivity contribution in [3.05, 3.63) is 59.7 Å². The third-order valence-corrected chi connectivity index (χ3v) is 3.63. The van der Waals surface area contributed by atoms with E-state index in [1.54, 1.807) is 12.3 Å². The highest BCUT2D eigenvalue weighted by molar-refractivity contribution is 5.49. The minimum atomic E-state index is -0.160. The van der Waals surface area contributed by atoms with Crippen molar-refractivity contribution >= 4 is 5.69 Å². The van der Waals surface area contributed by atoms with Crippen LogP contribution in [0.5, 0.6) is 0 Å². The number of aromatic nitrogens is 1. The summed E-state index contributed by atoms with van der Waals surface area (Å²) in [5.41, 5.74) is 2.76. The van der Waals surface area contributed by atoms with E-state index in [9.17, 15) is 4.39 Å². The first-order chi connectivity index (χ1) is 10.7. The second-order valence-corrected chi connectivity index (χ2v) is 5.49. The van der Waals surface area contributed by atoms with Crippen molar-refractivity contribution in [1.29, 1.82) is 0 Å². The summed E-state index contributed by atoms with van der Waals surface area (Å²) in [5.74, 6) is -0.160. The maximum atomic E-state index is 14.0. The van der Waals surface area contributed by atoms with Crippen molar-refractivity contribution in [2.45, 2.75) is 32.9 Å². The highest BCUT2D eigenvalue weighted by atomic mass is 19.1. The van der Waals surface area contributed by atoms with Gasteiger partial charge in [0, 0.05) is 32.9 Å². The van der Waals surface area contributed by atoms with Crippen LogP contribution in [0.1, 0.15) is 31.0 Å². The quantitative estimate of drug-likeness (QED) is 0.805. The molecule has 0 radical (unpaired) electrons. The molecule has 0 saturated heterocycles. The van der Waals surface area contributed by atoms with E-state index in [0.29, 0.717) is 18.8 Å². The normalized spacial score (nSPS) is 10.7. The Labute approximate surface area is 132 Å². The summed E-state index contributed by atoms with van der Waals surface area (Å²) < 4.78 is 14.0. The Kier molecular flexibility index (Phi) is 6.34. The highest BCUT2D eigenvalue weighted by Crippen LogP contribution is 2.20. The standard InChI is InChI=1S/C18H24FN3/c1-3-4-11-22(2)18-12-15(8-9-17(18)19)13-20-14-16-7-5-6-10-21-16/h5-10,12,20H,3-4,11,13-14H2,1-2H3. The lowest BCUT2D eigenvalue weighted by molar-refractivity contribution is 0.616. The lowest BCUT2D eigenvalue weighted by atomic mass is 10.1. The van der Waals surface area contributed by atoms with Crippen LogP contribution in [-0.2, 0) is 13.1 Å². The van der Waals surface area contributed by atoms with Gasteiger partial charge in [0.15, 0.2) is 0 Å². The molecule has 1 aromatic carbocycles. The molecule has 0 aliphatic carbocycles. The Morgan fingerprint density at radius 1 is 1.18 bits per heavy atom. The Balaban J connectivity index is 1.94. The van der Waals surface area contributed by atoms with Gasteiger partial charge in [0.1, 0.15) is 5.82 Å². The zero-order chi connectivity index (χ0) is 15.8. The van der Waals surface area contributed by atoms with Crippen LogP contribution in [0.3, 0.4) is 0 Å². The summed E-state index contributed by atoms with van der Waals surface area (Å²) in [5, 5.41) is 3.34. The Hall–Kier alpha value is -1.94. The third-order valence-electron chi connectivity index (χ3n) is 3.63. The molecule has 0 aliphatic heterocycles. The molecule has 0 saturated carbocycles. The van der Waals surface area contributed by atoms with Gasteiger partial charge in [-0.15, -0.1) is 0 Å². The molecule has 1 aromatic heterocycles. The van der Waals surface area contributed by atoms with Gasteiger partial charge in [-0.3, -0.25) is 4.98 Å². The van der Waals surface area contributed by atoms with Gasteiger partial charge < -0.3 is 10.2 Å². The Morgan fingerprint density at radius 2 is 2.05 bits per heavy atom. The summed E-state index contributed by atoms with van der Waals surface area (Å²) >= 11 is 0. The fraction of sp³-hybridized carbons (Fsp3) is 0.389. The van der Waals surface area contributed by atoms with Crippen molar-refractivity contribution < 1.29 is 4.39 Å². The van der Waals surface area contributed by atoms with Crippen molar-refractivity contribution in [2.75, 3.05) is 18.5 Å². The molecule has 0 atom stereocenters. The molecule has 0 bridgehead atoms. The lowest BCUT2D eigenvalue weighted by Gasteiger charge is -2.20. The van der Waals surface area contributed by atoms with Gasteiger partial charge in [0.2, 0.25) is 0 Å². The zero-order valence-corrected chi connectivity index (χ0v) is 13.3. The Morgan fingerprint density at radius 3 is 2.77 bits per heavy atom. The molecule has 4 heteroatoms. The third kappa shape index (κ3) is 4.81. The molecule has 3 nitrogen and oxygen atoms in total. The number of nitrogens with one attached hydrogen (secondary N) is 1. The van der Waals surface area contributed by atoms with Crippen LogP contribution in [0.15, 0.2) is 42.6 Å². The molecule has 1 N–H and O–H groups in total. The summed E-state index contributed by atoms with van der Waals surface area (Å²) in [4.78, 5) is 6.26. The number of halogens is 1. The minimum Gasteiger partial charge on any atom is -0.372 e. The summed E-state index contributed by atoms with van der Waals surface area (Å²) in [6, 6.07) is 11.2.